The van der Waals surface area contributed by atoms with E-state index in [1.165, 1.54) is 17.7 Å². The van der Waals surface area contributed by atoms with Gasteiger partial charge in [-0.25, -0.2) is 14.4 Å². The summed E-state index contributed by atoms with van der Waals surface area (Å²) < 4.78 is 15.1. The molecule has 2 aromatic carbocycles. The Bertz CT molecular complexity index is 915. The summed E-state index contributed by atoms with van der Waals surface area (Å²) in [5, 5.41) is 6.53. The van der Waals surface area contributed by atoms with Crippen LogP contribution in [0.3, 0.4) is 0 Å². The molecule has 0 bridgehead atoms. The van der Waals surface area contributed by atoms with E-state index in [9.17, 15) is 4.39 Å². The number of imidazole rings is 1. The van der Waals surface area contributed by atoms with Gasteiger partial charge in [0.05, 0.1) is 6.54 Å². The highest BCUT2D eigenvalue weighted by Gasteiger charge is 2.02. The molecule has 146 valence electrons. The third-order valence-electron chi connectivity index (χ3n) is 4.41. The highest BCUT2D eigenvalue weighted by Crippen LogP contribution is 2.10. The second-order valence-electron chi connectivity index (χ2n) is 6.60. The van der Waals surface area contributed by atoms with Crippen molar-refractivity contribution in [1.82, 2.24) is 20.2 Å². The van der Waals surface area contributed by atoms with E-state index in [-0.39, 0.29) is 5.82 Å². The number of hydrogen-bond acceptors (Lipinski definition) is 2. The van der Waals surface area contributed by atoms with Crippen LogP contribution in [0, 0.1) is 12.7 Å². The van der Waals surface area contributed by atoms with E-state index in [0.717, 1.165) is 36.0 Å². The first-order chi connectivity index (χ1) is 13.6. The molecule has 3 aromatic rings. The van der Waals surface area contributed by atoms with Gasteiger partial charge in [0, 0.05) is 32.0 Å². The quantitative estimate of drug-likeness (QED) is 0.487. The number of hydrogen-bond donors (Lipinski definition) is 2. The fraction of sp³-hybridized carbons (Fsp3) is 0.273. The molecule has 0 radical (unpaired) electrons. The maximum absolute atomic E-state index is 13.0. The SMILES string of the molecule is CCNC(=NCc1cccc(Cn2ccnc2C)c1)NCc1ccc(F)cc1. The Morgan fingerprint density at radius 3 is 2.57 bits per heavy atom. The molecule has 0 aliphatic rings. The maximum Gasteiger partial charge on any atom is 0.191 e. The largest absolute Gasteiger partial charge is 0.357 e. The lowest BCUT2D eigenvalue weighted by Crippen LogP contribution is -2.36. The van der Waals surface area contributed by atoms with E-state index in [1.54, 1.807) is 12.1 Å². The summed E-state index contributed by atoms with van der Waals surface area (Å²) >= 11 is 0. The zero-order valence-corrected chi connectivity index (χ0v) is 16.3. The lowest BCUT2D eigenvalue weighted by molar-refractivity contribution is 0.626. The minimum absolute atomic E-state index is 0.227. The van der Waals surface area contributed by atoms with E-state index in [1.807, 2.05) is 26.2 Å². The van der Waals surface area contributed by atoms with Gasteiger partial charge >= 0.3 is 0 Å². The summed E-state index contributed by atoms with van der Waals surface area (Å²) in [5.74, 6) is 1.51. The summed E-state index contributed by atoms with van der Waals surface area (Å²) in [6.07, 6.45) is 3.81. The number of nitrogens with zero attached hydrogens (tertiary/aromatic N) is 3. The predicted molar refractivity (Wildman–Crippen MR) is 111 cm³/mol. The number of aliphatic imine (C=N–C) groups is 1. The topological polar surface area (TPSA) is 54.2 Å². The molecule has 3 rings (SSSR count). The van der Waals surface area contributed by atoms with Gasteiger partial charge in [0.1, 0.15) is 11.6 Å². The normalized spacial score (nSPS) is 11.5. The molecule has 0 saturated carbocycles. The average Bonchev–Trinajstić information content (AvgIpc) is 3.10. The van der Waals surface area contributed by atoms with Gasteiger partial charge in [-0.15, -0.1) is 0 Å². The molecule has 5 nitrogen and oxygen atoms in total. The Morgan fingerprint density at radius 1 is 1.07 bits per heavy atom. The zero-order valence-electron chi connectivity index (χ0n) is 16.3. The minimum Gasteiger partial charge on any atom is -0.357 e. The van der Waals surface area contributed by atoms with Gasteiger partial charge < -0.3 is 15.2 Å². The Hall–Kier alpha value is -3.15. The standard InChI is InChI=1S/C22H26FN5/c1-3-24-22(26-14-18-7-9-21(23)10-8-18)27-15-19-5-4-6-20(13-19)16-28-12-11-25-17(28)2/h4-13H,3,14-16H2,1-2H3,(H2,24,26,27). The second-order valence-corrected chi connectivity index (χ2v) is 6.60. The first kappa shape index (κ1) is 19.6. The molecule has 0 aliphatic carbocycles. The van der Waals surface area contributed by atoms with Crippen molar-refractivity contribution in [2.75, 3.05) is 6.54 Å². The fourth-order valence-electron chi connectivity index (χ4n) is 2.89. The number of rotatable bonds is 7. The van der Waals surface area contributed by atoms with Crippen LogP contribution in [0.1, 0.15) is 29.4 Å². The van der Waals surface area contributed by atoms with Gasteiger partial charge in [-0.1, -0.05) is 36.4 Å². The summed E-state index contributed by atoms with van der Waals surface area (Å²) in [7, 11) is 0. The highest BCUT2D eigenvalue weighted by molar-refractivity contribution is 5.79. The van der Waals surface area contributed by atoms with Crippen LogP contribution in [-0.4, -0.2) is 22.1 Å². The molecule has 0 spiro atoms. The van der Waals surface area contributed by atoms with Crippen molar-refractivity contribution in [3.8, 4) is 0 Å². The van der Waals surface area contributed by atoms with E-state index in [4.69, 9.17) is 0 Å². The molecular formula is C22H26FN5. The highest BCUT2D eigenvalue weighted by atomic mass is 19.1. The van der Waals surface area contributed by atoms with E-state index < -0.39 is 0 Å². The van der Waals surface area contributed by atoms with Gasteiger partial charge in [0.2, 0.25) is 0 Å². The van der Waals surface area contributed by atoms with Gasteiger partial charge in [0.25, 0.3) is 0 Å². The number of aryl methyl sites for hydroxylation is 1. The average molecular weight is 379 g/mol. The number of guanidine groups is 1. The molecule has 0 saturated heterocycles. The summed E-state index contributed by atoms with van der Waals surface area (Å²) in [6, 6.07) is 14.9. The first-order valence-corrected chi connectivity index (χ1v) is 9.46. The van der Waals surface area contributed by atoms with Crippen LogP contribution in [-0.2, 0) is 19.6 Å². The van der Waals surface area contributed by atoms with Crippen molar-refractivity contribution in [3.05, 3.63) is 89.3 Å². The lowest BCUT2D eigenvalue weighted by Gasteiger charge is -2.12. The van der Waals surface area contributed by atoms with E-state index >= 15 is 0 Å². The van der Waals surface area contributed by atoms with Crippen molar-refractivity contribution in [2.45, 2.75) is 33.5 Å². The molecule has 1 heterocycles. The Morgan fingerprint density at radius 2 is 1.86 bits per heavy atom. The Balaban J connectivity index is 1.62. The third-order valence-corrected chi connectivity index (χ3v) is 4.41. The van der Waals surface area contributed by atoms with Gasteiger partial charge in [0.15, 0.2) is 5.96 Å². The smallest absolute Gasteiger partial charge is 0.191 e. The number of aromatic nitrogens is 2. The lowest BCUT2D eigenvalue weighted by atomic mass is 10.1. The molecule has 0 aliphatic heterocycles. The van der Waals surface area contributed by atoms with Crippen LogP contribution in [0.5, 0.6) is 0 Å². The van der Waals surface area contributed by atoms with Gasteiger partial charge in [-0.2, -0.15) is 0 Å². The van der Waals surface area contributed by atoms with Crippen LogP contribution < -0.4 is 10.6 Å². The zero-order chi connectivity index (χ0) is 19.8. The second kappa shape index (κ2) is 9.69. The van der Waals surface area contributed by atoms with Crippen LogP contribution in [0.4, 0.5) is 4.39 Å². The minimum atomic E-state index is -0.227. The van der Waals surface area contributed by atoms with Gasteiger partial charge in [-0.05, 0) is 42.7 Å². The summed E-state index contributed by atoms with van der Waals surface area (Å²) in [6.45, 7) is 6.77. The first-order valence-electron chi connectivity index (χ1n) is 9.46. The van der Waals surface area contributed by atoms with E-state index in [2.05, 4.69) is 49.4 Å². The maximum atomic E-state index is 13.0. The molecule has 1 aromatic heterocycles. The monoisotopic (exact) mass is 379 g/mol. The number of halogens is 1. The molecular weight excluding hydrogens is 353 g/mol. The van der Waals surface area contributed by atoms with Crippen molar-refractivity contribution in [1.29, 1.82) is 0 Å². The number of benzene rings is 2. The van der Waals surface area contributed by atoms with Gasteiger partial charge in [-0.3, -0.25) is 0 Å². The van der Waals surface area contributed by atoms with Crippen molar-refractivity contribution in [3.63, 3.8) is 0 Å². The van der Waals surface area contributed by atoms with Crippen LogP contribution in [0.2, 0.25) is 0 Å². The van der Waals surface area contributed by atoms with Crippen LogP contribution in [0.25, 0.3) is 0 Å². The molecule has 28 heavy (non-hydrogen) atoms. The Labute approximate surface area is 165 Å². The van der Waals surface area contributed by atoms with Crippen LogP contribution >= 0.6 is 0 Å². The van der Waals surface area contributed by atoms with E-state index in [0.29, 0.717) is 13.1 Å². The Kier molecular flexibility index (Phi) is 6.78. The van der Waals surface area contributed by atoms with Crippen molar-refractivity contribution in [2.24, 2.45) is 4.99 Å². The molecule has 0 atom stereocenters. The molecule has 0 fully saturated rings. The molecule has 2 N–H and O–H groups in total. The molecule has 6 heteroatoms. The van der Waals surface area contributed by atoms with Crippen LogP contribution in [0.15, 0.2) is 65.9 Å². The third kappa shape index (κ3) is 5.67. The van der Waals surface area contributed by atoms with Crippen molar-refractivity contribution < 1.29 is 4.39 Å². The number of nitrogens with one attached hydrogen (secondary N) is 2. The molecule has 0 unspecified atom stereocenters. The predicted octanol–water partition coefficient (Wildman–Crippen LogP) is 3.63. The molecule has 0 amide bonds. The summed E-state index contributed by atoms with van der Waals surface area (Å²) in [4.78, 5) is 8.94. The summed E-state index contributed by atoms with van der Waals surface area (Å²) in [5.41, 5.74) is 3.37. The van der Waals surface area contributed by atoms with Crippen molar-refractivity contribution >= 4 is 5.96 Å². The fourth-order valence-corrected chi connectivity index (χ4v) is 2.89.